The molecule has 3 heteroatoms. The van der Waals surface area contributed by atoms with E-state index in [1.807, 2.05) is 32.0 Å². The number of aryl methyl sites for hydroxylation is 2. The molecule has 0 unspecified atom stereocenters. The molecule has 4 aliphatic rings. The molecule has 112 valence electrons. The maximum Gasteiger partial charge on any atom is 0.238 e. The summed E-state index contributed by atoms with van der Waals surface area (Å²) in [5.74, 6) is 0.455. The Hall–Kier alpha value is -1.90. The molecule has 3 fully saturated rings. The third-order valence-corrected chi connectivity index (χ3v) is 6.46. The van der Waals surface area contributed by atoms with E-state index in [0.29, 0.717) is 11.8 Å². The average molecular weight is 293 g/mol. The molecule has 3 nitrogen and oxygen atoms in total. The fourth-order valence-corrected chi connectivity index (χ4v) is 5.28. The average Bonchev–Trinajstić information content (AvgIpc) is 3.08. The highest BCUT2D eigenvalue weighted by Crippen LogP contribution is 2.73. The van der Waals surface area contributed by atoms with Crippen molar-refractivity contribution in [1.29, 1.82) is 0 Å². The molecule has 22 heavy (non-hydrogen) atoms. The molecule has 5 rings (SSSR count). The third kappa shape index (κ3) is 1.25. The lowest BCUT2D eigenvalue weighted by Crippen LogP contribution is -2.35. The Labute approximate surface area is 130 Å². The number of allylic oxidation sites excluding steroid dienone is 2. The Morgan fingerprint density at radius 3 is 2.14 bits per heavy atom. The number of rotatable bonds is 1. The van der Waals surface area contributed by atoms with Crippen molar-refractivity contribution in [3.05, 3.63) is 41.5 Å². The summed E-state index contributed by atoms with van der Waals surface area (Å²) in [5.41, 5.74) is 3.13. The predicted octanol–water partition coefficient (Wildman–Crippen LogP) is 3.01. The third-order valence-electron chi connectivity index (χ3n) is 6.46. The number of amides is 2. The standard InChI is InChI=1S/C19H19NO2/c1-10-3-4-11(2)14(9-10)20-17(21)15-12-5-6-13(16(15)18(20)22)19(12)7-8-19/h3-6,9,12-13,15-16H,7-8H2,1-2H3/t12-,13-,15-,16+/m1/s1. The van der Waals surface area contributed by atoms with Crippen LogP contribution in [0.3, 0.4) is 0 Å². The summed E-state index contributed by atoms with van der Waals surface area (Å²) >= 11 is 0. The number of carbonyl (C=O) groups is 2. The molecule has 1 heterocycles. The highest BCUT2D eigenvalue weighted by Gasteiger charge is 2.73. The van der Waals surface area contributed by atoms with Crippen molar-refractivity contribution in [3.63, 3.8) is 0 Å². The minimum absolute atomic E-state index is 0.0341. The Morgan fingerprint density at radius 2 is 1.59 bits per heavy atom. The molecule has 0 radical (unpaired) electrons. The lowest BCUT2D eigenvalue weighted by atomic mass is 9.85. The molecule has 1 saturated heterocycles. The van der Waals surface area contributed by atoms with Gasteiger partial charge in [0.1, 0.15) is 0 Å². The monoisotopic (exact) mass is 293 g/mol. The summed E-state index contributed by atoms with van der Waals surface area (Å²) in [4.78, 5) is 27.6. The zero-order chi connectivity index (χ0) is 15.2. The van der Waals surface area contributed by atoms with Gasteiger partial charge in [-0.25, -0.2) is 4.90 Å². The Morgan fingerprint density at radius 1 is 1.00 bits per heavy atom. The summed E-state index contributed by atoms with van der Waals surface area (Å²) in [7, 11) is 0. The second kappa shape index (κ2) is 3.70. The van der Waals surface area contributed by atoms with E-state index in [-0.39, 0.29) is 29.1 Å². The summed E-state index contributed by atoms with van der Waals surface area (Å²) in [6.07, 6.45) is 6.81. The molecular weight excluding hydrogens is 274 g/mol. The number of imide groups is 1. The molecule has 2 bridgehead atoms. The van der Waals surface area contributed by atoms with Gasteiger partial charge in [-0.2, -0.15) is 0 Å². The van der Waals surface area contributed by atoms with Gasteiger partial charge in [0.25, 0.3) is 0 Å². The number of nitrogens with zero attached hydrogens (tertiary/aromatic N) is 1. The topological polar surface area (TPSA) is 37.4 Å². The highest BCUT2D eigenvalue weighted by atomic mass is 16.2. The van der Waals surface area contributed by atoms with Crippen molar-refractivity contribution >= 4 is 17.5 Å². The second-order valence-electron chi connectivity index (χ2n) is 7.52. The van der Waals surface area contributed by atoms with Gasteiger partial charge in [-0.15, -0.1) is 0 Å². The van der Waals surface area contributed by atoms with E-state index in [4.69, 9.17) is 0 Å². The number of anilines is 1. The fraction of sp³-hybridized carbons (Fsp3) is 0.474. The van der Waals surface area contributed by atoms with E-state index in [1.165, 1.54) is 17.7 Å². The lowest BCUT2D eigenvalue weighted by molar-refractivity contribution is -0.123. The van der Waals surface area contributed by atoms with Crippen molar-refractivity contribution < 1.29 is 9.59 Å². The van der Waals surface area contributed by atoms with Crippen LogP contribution in [-0.4, -0.2) is 11.8 Å². The Bertz CT molecular complexity index is 725. The first-order valence-electron chi connectivity index (χ1n) is 8.18. The van der Waals surface area contributed by atoms with Gasteiger partial charge in [0, 0.05) is 0 Å². The van der Waals surface area contributed by atoms with Crippen LogP contribution in [0.1, 0.15) is 24.0 Å². The van der Waals surface area contributed by atoms with Gasteiger partial charge in [0.15, 0.2) is 0 Å². The van der Waals surface area contributed by atoms with Gasteiger partial charge in [-0.05, 0) is 61.1 Å². The summed E-state index contributed by atoms with van der Waals surface area (Å²) in [5, 5.41) is 0. The molecule has 0 aromatic heterocycles. The molecule has 1 aliphatic heterocycles. The predicted molar refractivity (Wildman–Crippen MR) is 83.2 cm³/mol. The molecule has 1 aromatic rings. The zero-order valence-corrected chi connectivity index (χ0v) is 12.9. The second-order valence-corrected chi connectivity index (χ2v) is 7.52. The quantitative estimate of drug-likeness (QED) is 0.589. The van der Waals surface area contributed by atoms with Gasteiger partial charge in [-0.1, -0.05) is 24.3 Å². The molecule has 2 amide bonds. The van der Waals surface area contributed by atoms with Gasteiger partial charge >= 0.3 is 0 Å². The normalized spacial score (nSPS) is 36.5. The molecule has 2 saturated carbocycles. The van der Waals surface area contributed by atoms with Gasteiger partial charge < -0.3 is 0 Å². The molecular formula is C19H19NO2. The van der Waals surface area contributed by atoms with Crippen molar-refractivity contribution in [1.82, 2.24) is 0 Å². The highest BCUT2D eigenvalue weighted by molar-refractivity contribution is 6.23. The number of benzene rings is 1. The maximum absolute atomic E-state index is 13.0. The van der Waals surface area contributed by atoms with Crippen molar-refractivity contribution in [2.45, 2.75) is 26.7 Å². The zero-order valence-electron chi connectivity index (χ0n) is 12.9. The van der Waals surface area contributed by atoms with Gasteiger partial charge in [-0.3, -0.25) is 9.59 Å². The van der Waals surface area contributed by atoms with E-state index >= 15 is 0 Å². The minimum Gasteiger partial charge on any atom is -0.274 e. The van der Waals surface area contributed by atoms with E-state index in [0.717, 1.165) is 16.8 Å². The molecule has 1 aromatic carbocycles. The first-order chi connectivity index (χ1) is 10.5. The van der Waals surface area contributed by atoms with E-state index in [1.54, 1.807) is 0 Å². The lowest BCUT2D eigenvalue weighted by Gasteiger charge is -2.23. The van der Waals surface area contributed by atoms with E-state index < -0.39 is 0 Å². The van der Waals surface area contributed by atoms with Crippen LogP contribution < -0.4 is 4.90 Å². The molecule has 4 atom stereocenters. The van der Waals surface area contributed by atoms with Crippen LogP contribution in [0.4, 0.5) is 5.69 Å². The Balaban J connectivity index is 1.61. The van der Waals surface area contributed by atoms with Crippen molar-refractivity contribution in [2.75, 3.05) is 4.90 Å². The maximum atomic E-state index is 13.0. The Kier molecular flexibility index (Phi) is 2.13. The first kappa shape index (κ1) is 12.6. The SMILES string of the molecule is Cc1ccc(C)c(N2C(=O)[C@@H]3[C@H](C2=O)[C@H]2C=C[C@H]3C23CC3)c1. The van der Waals surface area contributed by atoms with Crippen molar-refractivity contribution in [2.24, 2.45) is 29.1 Å². The minimum atomic E-state index is -0.107. The van der Waals surface area contributed by atoms with Crippen LogP contribution in [0.2, 0.25) is 0 Å². The number of carbonyl (C=O) groups excluding carboxylic acids is 2. The van der Waals surface area contributed by atoms with Crippen LogP contribution in [0.15, 0.2) is 30.4 Å². The van der Waals surface area contributed by atoms with Crippen molar-refractivity contribution in [3.8, 4) is 0 Å². The van der Waals surface area contributed by atoms with Gasteiger partial charge in [0.2, 0.25) is 11.8 Å². The van der Waals surface area contributed by atoms with Crippen LogP contribution in [-0.2, 0) is 9.59 Å². The summed E-state index contributed by atoms with van der Waals surface area (Å²) in [6, 6.07) is 5.98. The molecule has 0 N–H and O–H groups in total. The van der Waals surface area contributed by atoms with Crippen LogP contribution in [0.25, 0.3) is 0 Å². The summed E-state index contributed by atoms with van der Waals surface area (Å²) in [6.45, 7) is 3.97. The van der Waals surface area contributed by atoms with Crippen LogP contribution in [0, 0.1) is 42.9 Å². The molecule has 1 spiro atoms. The first-order valence-corrected chi connectivity index (χ1v) is 8.18. The molecule has 3 aliphatic carbocycles. The number of fused-ring (bicyclic) bond motifs is 3. The number of hydrogen-bond donors (Lipinski definition) is 0. The van der Waals surface area contributed by atoms with E-state index in [9.17, 15) is 9.59 Å². The van der Waals surface area contributed by atoms with Crippen LogP contribution >= 0.6 is 0 Å². The van der Waals surface area contributed by atoms with Gasteiger partial charge in [0.05, 0.1) is 17.5 Å². The number of hydrogen-bond acceptors (Lipinski definition) is 2. The largest absolute Gasteiger partial charge is 0.274 e. The fourth-order valence-electron chi connectivity index (χ4n) is 5.28. The summed E-state index contributed by atoms with van der Waals surface area (Å²) < 4.78 is 0. The van der Waals surface area contributed by atoms with E-state index in [2.05, 4.69) is 12.2 Å². The smallest absolute Gasteiger partial charge is 0.238 e. The van der Waals surface area contributed by atoms with Crippen LogP contribution in [0.5, 0.6) is 0 Å².